The summed E-state index contributed by atoms with van der Waals surface area (Å²) in [5, 5.41) is 5.51. The van der Waals surface area contributed by atoms with Crippen LogP contribution in [-0.2, 0) is 14.3 Å². The van der Waals surface area contributed by atoms with Gasteiger partial charge in [0.2, 0.25) is 5.91 Å². The minimum atomic E-state index is -0.648. The Bertz CT molecular complexity index is 430. The second kappa shape index (κ2) is 8.67. The Hall–Kier alpha value is -1.34. The normalized spacial score (nSPS) is 19.9. The third-order valence-electron chi connectivity index (χ3n) is 4.31. The number of ether oxygens (including phenoxy) is 2. The Balaban J connectivity index is 2.49. The number of carbonyl (C=O) groups excluding carboxylic acids is 2. The third-order valence-corrected chi connectivity index (χ3v) is 4.31. The van der Waals surface area contributed by atoms with Crippen LogP contribution in [0.3, 0.4) is 0 Å². The summed E-state index contributed by atoms with van der Waals surface area (Å²) in [5.74, 6) is -0.214. The number of rotatable bonds is 6. The number of amides is 2. The zero-order chi connectivity index (χ0) is 18.4. The average molecular weight is 343 g/mol. The van der Waals surface area contributed by atoms with Crippen molar-refractivity contribution < 1.29 is 19.1 Å². The Morgan fingerprint density at radius 2 is 1.79 bits per heavy atom. The fourth-order valence-corrected chi connectivity index (χ4v) is 2.54. The number of morpholine rings is 1. The lowest BCUT2D eigenvalue weighted by Gasteiger charge is -2.43. The highest BCUT2D eigenvalue weighted by Crippen LogP contribution is 2.20. The fourth-order valence-electron chi connectivity index (χ4n) is 2.54. The zero-order valence-electron chi connectivity index (χ0n) is 15.9. The molecule has 24 heavy (non-hydrogen) atoms. The molecule has 2 amide bonds. The van der Waals surface area contributed by atoms with Gasteiger partial charge in [0.15, 0.2) is 0 Å². The highest BCUT2D eigenvalue weighted by atomic mass is 16.6. The molecule has 7 heteroatoms. The molecule has 1 saturated heterocycles. The number of carbonyl (C=O) groups is 2. The predicted molar refractivity (Wildman–Crippen MR) is 92.9 cm³/mol. The summed E-state index contributed by atoms with van der Waals surface area (Å²) in [5.41, 5.74) is -0.706. The van der Waals surface area contributed by atoms with Gasteiger partial charge in [-0.3, -0.25) is 9.69 Å². The van der Waals surface area contributed by atoms with Crippen LogP contribution in [0.5, 0.6) is 0 Å². The SMILES string of the molecule is CCC(C)(CNC(=O)[C@@H](C)NC(=O)OC(C)(C)C)N1CCOCC1. The number of nitrogens with one attached hydrogen (secondary N) is 2. The monoisotopic (exact) mass is 343 g/mol. The highest BCUT2D eigenvalue weighted by Gasteiger charge is 2.32. The quantitative estimate of drug-likeness (QED) is 0.764. The van der Waals surface area contributed by atoms with Gasteiger partial charge in [-0.25, -0.2) is 4.79 Å². The van der Waals surface area contributed by atoms with Gasteiger partial charge >= 0.3 is 6.09 Å². The molecule has 7 nitrogen and oxygen atoms in total. The van der Waals surface area contributed by atoms with E-state index in [1.807, 2.05) is 0 Å². The lowest BCUT2D eigenvalue weighted by Crippen LogP contribution is -2.58. The molecule has 0 aromatic carbocycles. The average Bonchev–Trinajstić information content (AvgIpc) is 2.51. The smallest absolute Gasteiger partial charge is 0.408 e. The molecule has 1 aliphatic rings. The van der Waals surface area contributed by atoms with Crippen LogP contribution in [0.4, 0.5) is 4.79 Å². The first-order valence-corrected chi connectivity index (χ1v) is 8.67. The molecule has 140 valence electrons. The second-order valence-electron chi connectivity index (χ2n) is 7.54. The molecule has 0 spiro atoms. The van der Waals surface area contributed by atoms with Crippen molar-refractivity contribution in [2.45, 2.75) is 65.1 Å². The summed E-state index contributed by atoms with van der Waals surface area (Å²) in [7, 11) is 0. The first kappa shape index (κ1) is 20.7. The van der Waals surface area contributed by atoms with E-state index in [0.29, 0.717) is 6.54 Å². The van der Waals surface area contributed by atoms with Crippen LogP contribution in [0, 0.1) is 0 Å². The van der Waals surface area contributed by atoms with E-state index in [2.05, 4.69) is 29.4 Å². The summed E-state index contributed by atoms with van der Waals surface area (Å²) >= 11 is 0. The maximum Gasteiger partial charge on any atom is 0.408 e. The summed E-state index contributed by atoms with van der Waals surface area (Å²) in [4.78, 5) is 26.4. The molecule has 0 aromatic rings. The summed E-state index contributed by atoms with van der Waals surface area (Å²) in [6, 6.07) is -0.648. The fraction of sp³-hybridized carbons (Fsp3) is 0.882. The van der Waals surface area contributed by atoms with Crippen molar-refractivity contribution in [3.63, 3.8) is 0 Å². The number of nitrogens with zero attached hydrogens (tertiary/aromatic N) is 1. The minimum Gasteiger partial charge on any atom is -0.444 e. The van der Waals surface area contributed by atoms with Crippen LogP contribution in [-0.4, -0.2) is 66.9 Å². The van der Waals surface area contributed by atoms with Gasteiger partial charge in [-0.2, -0.15) is 0 Å². The van der Waals surface area contributed by atoms with Crippen LogP contribution < -0.4 is 10.6 Å². The molecule has 2 N–H and O–H groups in total. The molecular weight excluding hydrogens is 310 g/mol. The summed E-state index contributed by atoms with van der Waals surface area (Å²) in [6.07, 6.45) is 0.331. The maximum atomic E-state index is 12.3. The Kier molecular flexibility index (Phi) is 7.48. The molecule has 0 bridgehead atoms. The molecule has 1 heterocycles. The van der Waals surface area contributed by atoms with Crippen LogP contribution in [0.15, 0.2) is 0 Å². The summed E-state index contributed by atoms with van der Waals surface area (Å²) < 4.78 is 10.6. The second-order valence-corrected chi connectivity index (χ2v) is 7.54. The van der Waals surface area contributed by atoms with E-state index >= 15 is 0 Å². The zero-order valence-corrected chi connectivity index (χ0v) is 15.9. The molecule has 0 aromatic heterocycles. The van der Waals surface area contributed by atoms with Crippen molar-refractivity contribution in [2.75, 3.05) is 32.8 Å². The topological polar surface area (TPSA) is 79.9 Å². The van der Waals surface area contributed by atoms with E-state index in [-0.39, 0.29) is 11.4 Å². The van der Waals surface area contributed by atoms with Crippen LogP contribution in [0.1, 0.15) is 48.0 Å². The molecule has 0 saturated carbocycles. The number of hydrogen-bond acceptors (Lipinski definition) is 5. The Morgan fingerprint density at radius 1 is 1.21 bits per heavy atom. The number of alkyl carbamates (subject to hydrolysis) is 1. The van der Waals surface area contributed by atoms with E-state index in [1.54, 1.807) is 27.7 Å². The van der Waals surface area contributed by atoms with Crippen LogP contribution >= 0.6 is 0 Å². The third kappa shape index (κ3) is 6.65. The molecule has 1 unspecified atom stereocenters. The molecule has 0 aliphatic carbocycles. The molecular formula is C17H33N3O4. The van der Waals surface area contributed by atoms with Crippen molar-refractivity contribution >= 4 is 12.0 Å². The first-order chi connectivity index (χ1) is 11.1. The molecule has 0 radical (unpaired) electrons. The highest BCUT2D eigenvalue weighted by molar-refractivity contribution is 5.85. The van der Waals surface area contributed by atoms with E-state index in [9.17, 15) is 9.59 Å². The Labute approximate surface area is 145 Å². The van der Waals surface area contributed by atoms with Crippen LogP contribution in [0.2, 0.25) is 0 Å². The lowest BCUT2D eigenvalue weighted by molar-refractivity contribution is -0.123. The predicted octanol–water partition coefficient (Wildman–Crippen LogP) is 1.52. The van der Waals surface area contributed by atoms with Gasteiger partial charge in [0.1, 0.15) is 11.6 Å². The van der Waals surface area contributed by atoms with E-state index in [0.717, 1.165) is 32.7 Å². The van der Waals surface area contributed by atoms with Gasteiger partial charge in [0.05, 0.1) is 13.2 Å². The van der Waals surface area contributed by atoms with E-state index < -0.39 is 17.7 Å². The first-order valence-electron chi connectivity index (χ1n) is 8.67. The van der Waals surface area contributed by atoms with Crippen molar-refractivity contribution in [2.24, 2.45) is 0 Å². The standard InChI is InChI=1S/C17H33N3O4/c1-7-17(6,20-8-10-23-11-9-20)12-18-14(21)13(2)19-15(22)24-16(3,4)5/h13H,7-12H2,1-6H3,(H,18,21)(H,19,22)/t13-,17?/m1/s1. The maximum absolute atomic E-state index is 12.3. The summed E-state index contributed by atoms with van der Waals surface area (Å²) in [6.45, 7) is 15.0. The van der Waals surface area contributed by atoms with Crippen LogP contribution in [0.25, 0.3) is 0 Å². The van der Waals surface area contributed by atoms with Gasteiger partial charge in [-0.1, -0.05) is 6.92 Å². The molecule has 1 aliphatic heterocycles. The lowest BCUT2D eigenvalue weighted by atomic mass is 9.95. The van der Waals surface area contributed by atoms with E-state index in [1.165, 1.54) is 0 Å². The molecule has 1 fully saturated rings. The molecule has 2 atom stereocenters. The van der Waals surface area contributed by atoms with Gasteiger partial charge in [0.25, 0.3) is 0 Å². The minimum absolute atomic E-state index is 0.120. The van der Waals surface area contributed by atoms with E-state index in [4.69, 9.17) is 9.47 Å². The van der Waals surface area contributed by atoms with Crippen molar-refractivity contribution in [3.05, 3.63) is 0 Å². The largest absolute Gasteiger partial charge is 0.444 e. The van der Waals surface area contributed by atoms with Crippen molar-refractivity contribution in [1.29, 1.82) is 0 Å². The molecule has 1 rings (SSSR count). The van der Waals surface area contributed by atoms with Crippen molar-refractivity contribution in [3.8, 4) is 0 Å². The van der Waals surface area contributed by atoms with Gasteiger partial charge in [0, 0.05) is 25.2 Å². The van der Waals surface area contributed by atoms with Gasteiger partial charge in [-0.15, -0.1) is 0 Å². The Morgan fingerprint density at radius 3 is 2.29 bits per heavy atom. The van der Waals surface area contributed by atoms with Gasteiger partial charge in [-0.05, 0) is 41.0 Å². The van der Waals surface area contributed by atoms with Crippen molar-refractivity contribution in [1.82, 2.24) is 15.5 Å². The van der Waals surface area contributed by atoms with Gasteiger partial charge < -0.3 is 20.1 Å². The number of hydrogen-bond donors (Lipinski definition) is 2.